The molecule has 1 heterocycles. The summed E-state index contributed by atoms with van der Waals surface area (Å²) in [6.07, 6.45) is 0. The number of nitrogens with two attached hydrogens (primary N) is 1. The number of tetrazole rings is 1. The van der Waals surface area contributed by atoms with E-state index in [4.69, 9.17) is 10.5 Å². The van der Waals surface area contributed by atoms with E-state index < -0.39 is 29.3 Å². The molecule has 3 N–H and O–H groups in total. The number of anilines is 1. The first-order valence-corrected chi connectivity index (χ1v) is 9.61. The van der Waals surface area contributed by atoms with Crippen LogP contribution in [0.4, 0.5) is 11.4 Å². The van der Waals surface area contributed by atoms with Gasteiger partial charge in [-0.05, 0) is 52.5 Å². The molecule has 1 aromatic heterocycles. The third-order valence-corrected chi connectivity index (χ3v) is 5.07. The fourth-order valence-electron chi connectivity index (χ4n) is 2.41. The molecule has 13 nitrogen and oxygen atoms in total. The molecule has 3 rings (SSSR count). The molecule has 0 aliphatic heterocycles. The SMILES string of the molecule is Cn1nnnc1Sc1ccc([N+](=O)[O-])cc1C(=O)OCC(=O)Nc1ccc(C(N)=O)cc1. The van der Waals surface area contributed by atoms with Crippen molar-refractivity contribution in [3.63, 3.8) is 0 Å². The van der Waals surface area contributed by atoms with Gasteiger partial charge in [0.25, 0.3) is 11.6 Å². The van der Waals surface area contributed by atoms with Crippen LogP contribution in [-0.2, 0) is 16.6 Å². The molecular formula is C18H15N7O6S. The van der Waals surface area contributed by atoms with Gasteiger partial charge in [0.15, 0.2) is 6.61 Å². The van der Waals surface area contributed by atoms with Crippen LogP contribution in [-0.4, -0.2) is 49.5 Å². The lowest BCUT2D eigenvalue weighted by Crippen LogP contribution is -2.21. The fourth-order valence-corrected chi connectivity index (χ4v) is 3.24. The second-order valence-electron chi connectivity index (χ2n) is 6.19. The molecule has 3 aromatic rings. The number of ether oxygens (including phenoxy) is 1. The lowest BCUT2D eigenvalue weighted by Gasteiger charge is -2.09. The van der Waals surface area contributed by atoms with E-state index in [0.717, 1.165) is 17.8 Å². The molecule has 0 unspecified atom stereocenters. The van der Waals surface area contributed by atoms with Crippen LogP contribution in [0, 0.1) is 10.1 Å². The van der Waals surface area contributed by atoms with E-state index in [2.05, 4.69) is 20.8 Å². The third-order valence-electron chi connectivity index (χ3n) is 3.96. The van der Waals surface area contributed by atoms with Crippen LogP contribution < -0.4 is 11.1 Å². The van der Waals surface area contributed by atoms with Crippen molar-refractivity contribution >= 4 is 40.9 Å². The molecule has 0 spiro atoms. The Labute approximate surface area is 184 Å². The highest BCUT2D eigenvalue weighted by Crippen LogP contribution is 2.31. The molecule has 0 atom stereocenters. The first kappa shape index (κ1) is 22.4. The summed E-state index contributed by atoms with van der Waals surface area (Å²) < 4.78 is 6.39. The molecule has 0 bridgehead atoms. The number of nitrogens with one attached hydrogen (secondary N) is 1. The van der Waals surface area contributed by atoms with Crippen molar-refractivity contribution < 1.29 is 24.0 Å². The Bertz CT molecular complexity index is 1190. The second kappa shape index (κ2) is 9.65. The van der Waals surface area contributed by atoms with E-state index in [1.54, 1.807) is 7.05 Å². The van der Waals surface area contributed by atoms with Crippen molar-refractivity contribution in [2.45, 2.75) is 10.1 Å². The molecule has 2 amide bonds. The summed E-state index contributed by atoms with van der Waals surface area (Å²) in [7, 11) is 1.59. The number of aryl methyl sites for hydroxylation is 1. The summed E-state index contributed by atoms with van der Waals surface area (Å²) >= 11 is 1.00. The third kappa shape index (κ3) is 5.42. The number of non-ortho nitro benzene ring substituents is 1. The van der Waals surface area contributed by atoms with Crippen molar-refractivity contribution in [1.29, 1.82) is 0 Å². The van der Waals surface area contributed by atoms with Gasteiger partial charge < -0.3 is 15.8 Å². The minimum Gasteiger partial charge on any atom is -0.452 e. The highest BCUT2D eigenvalue weighted by molar-refractivity contribution is 7.99. The number of nitro benzene ring substituents is 1. The summed E-state index contributed by atoms with van der Waals surface area (Å²) in [6.45, 7) is -0.644. The number of benzene rings is 2. The quantitative estimate of drug-likeness (QED) is 0.282. The number of hydrogen-bond donors (Lipinski definition) is 2. The largest absolute Gasteiger partial charge is 0.452 e. The summed E-state index contributed by atoms with van der Waals surface area (Å²) in [5.74, 6) is -2.20. The molecule has 0 radical (unpaired) electrons. The summed E-state index contributed by atoms with van der Waals surface area (Å²) in [4.78, 5) is 46.5. The minimum atomic E-state index is -0.939. The lowest BCUT2D eigenvalue weighted by molar-refractivity contribution is -0.384. The summed E-state index contributed by atoms with van der Waals surface area (Å²) in [5.41, 5.74) is 5.34. The molecule has 32 heavy (non-hydrogen) atoms. The maximum atomic E-state index is 12.6. The van der Waals surface area contributed by atoms with Crippen LogP contribution in [0.5, 0.6) is 0 Å². The Kier molecular flexibility index (Phi) is 6.74. The number of esters is 1. The Hall–Kier alpha value is -4.33. The molecule has 0 aliphatic rings. The molecular weight excluding hydrogens is 442 g/mol. The molecule has 2 aromatic carbocycles. The van der Waals surface area contributed by atoms with Gasteiger partial charge in [0, 0.05) is 35.3 Å². The molecule has 0 aliphatic carbocycles. The van der Waals surface area contributed by atoms with E-state index in [0.29, 0.717) is 15.7 Å². The van der Waals surface area contributed by atoms with Crippen LogP contribution in [0.25, 0.3) is 0 Å². The maximum absolute atomic E-state index is 12.6. The number of amides is 2. The number of rotatable bonds is 8. The van der Waals surface area contributed by atoms with E-state index in [1.165, 1.54) is 41.1 Å². The number of aromatic nitrogens is 4. The zero-order chi connectivity index (χ0) is 23.3. The average Bonchev–Trinajstić information content (AvgIpc) is 3.17. The van der Waals surface area contributed by atoms with Crippen LogP contribution in [0.1, 0.15) is 20.7 Å². The number of nitrogens with zero attached hydrogens (tertiary/aromatic N) is 5. The Balaban J connectivity index is 1.70. The second-order valence-corrected chi connectivity index (χ2v) is 7.20. The fraction of sp³-hybridized carbons (Fsp3) is 0.111. The smallest absolute Gasteiger partial charge is 0.340 e. The Morgan fingerprint density at radius 3 is 2.53 bits per heavy atom. The standard InChI is InChI=1S/C18H15N7O6S/c1-24-18(21-22-23-24)32-14-7-6-12(25(29)30)8-13(14)17(28)31-9-15(26)20-11-4-2-10(3-5-11)16(19)27/h2-8H,9H2,1H3,(H2,19,27)(H,20,26). The van der Waals surface area contributed by atoms with Crippen molar-refractivity contribution in [1.82, 2.24) is 20.2 Å². The summed E-state index contributed by atoms with van der Waals surface area (Å²) in [5, 5.41) is 24.9. The molecule has 0 saturated carbocycles. The Morgan fingerprint density at radius 2 is 1.94 bits per heavy atom. The Morgan fingerprint density at radius 1 is 1.22 bits per heavy atom. The van der Waals surface area contributed by atoms with Gasteiger partial charge in [-0.25, -0.2) is 9.48 Å². The van der Waals surface area contributed by atoms with Crippen LogP contribution in [0.3, 0.4) is 0 Å². The summed E-state index contributed by atoms with van der Waals surface area (Å²) in [6, 6.07) is 9.43. The normalized spacial score (nSPS) is 10.4. The van der Waals surface area contributed by atoms with Gasteiger partial charge >= 0.3 is 5.97 Å². The highest BCUT2D eigenvalue weighted by Gasteiger charge is 2.21. The lowest BCUT2D eigenvalue weighted by atomic mass is 10.2. The molecule has 14 heteroatoms. The first-order valence-electron chi connectivity index (χ1n) is 8.80. The van der Waals surface area contributed by atoms with Crippen LogP contribution in [0.15, 0.2) is 52.5 Å². The zero-order valence-corrected chi connectivity index (χ0v) is 17.2. The predicted molar refractivity (Wildman–Crippen MR) is 110 cm³/mol. The van der Waals surface area contributed by atoms with E-state index >= 15 is 0 Å². The zero-order valence-electron chi connectivity index (χ0n) is 16.4. The van der Waals surface area contributed by atoms with Crippen molar-refractivity contribution in [2.24, 2.45) is 12.8 Å². The topological polar surface area (TPSA) is 185 Å². The van der Waals surface area contributed by atoms with Gasteiger partial charge in [-0.15, -0.1) is 5.10 Å². The first-order chi connectivity index (χ1) is 15.2. The molecule has 0 saturated heterocycles. The number of nitro groups is 1. The number of carbonyl (C=O) groups excluding carboxylic acids is 3. The van der Waals surface area contributed by atoms with Crippen molar-refractivity contribution in [3.05, 3.63) is 63.7 Å². The van der Waals surface area contributed by atoms with Crippen LogP contribution in [0.2, 0.25) is 0 Å². The predicted octanol–water partition coefficient (Wildman–Crippen LogP) is 1.16. The van der Waals surface area contributed by atoms with Gasteiger partial charge in [0.2, 0.25) is 11.1 Å². The minimum absolute atomic E-state index is 0.120. The number of carbonyl (C=O) groups is 3. The van der Waals surface area contributed by atoms with E-state index in [1.807, 2.05) is 0 Å². The van der Waals surface area contributed by atoms with Gasteiger partial charge in [0.05, 0.1) is 10.5 Å². The van der Waals surface area contributed by atoms with E-state index in [9.17, 15) is 24.5 Å². The van der Waals surface area contributed by atoms with Gasteiger partial charge in [-0.1, -0.05) is 0 Å². The average molecular weight is 457 g/mol. The van der Waals surface area contributed by atoms with Gasteiger partial charge in [0.1, 0.15) is 0 Å². The van der Waals surface area contributed by atoms with Gasteiger partial charge in [-0.2, -0.15) is 0 Å². The highest BCUT2D eigenvalue weighted by atomic mass is 32.2. The number of primary amides is 1. The van der Waals surface area contributed by atoms with Gasteiger partial charge in [-0.3, -0.25) is 19.7 Å². The van der Waals surface area contributed by atoms with Crippen LogP contribution >= 0.6 is 11.8 Å². The molecule has 0 fully saturated rings. The maximum Gasteiger partial charge on any atom is 0.340 e. The number of hydrogen-bond acceptors (Lipinski definition) is 10. The van der Waals surface area contributed by atoms with E-state index in [-0.39, 0.29) is 16.8 Å². The van der Waals surface area contributed by atoms with Crippen molar-refractivity contribution in [2.75, 3.05) is 11.9 Å². The monoisotopic (exact) mass is 457 g/mol. The van der Waals surface area contributed by atoms with Crippen molar-refractivity contribution in [3.8, 4) is 0 Å². The molecule has 164 valence electrons.